The molecule has 17 heavy (non-hydrogen) atoms. The van der Waals surface area contributed by atoms with E-state index in [0.29, 0.717) is 0 Å². The van der Waals surface area contributed by atoms with E-state index in [1.807, 2.05) is 0 Å². The molecule has 0 radical (unpaired) electrons. The van der Waals surface area contributed by atoms with Gasteiger partial charge >= 0.3 is 66.9 Å². The monoisotopic (exact) mass is 310 g/mol. The predicted molar refractivity (Wildman–Crippen MR) is 51.4 cm³/mol. The van der Waals surface area contributed by atoms with Gasteiger partial charge in [-0.3, -0.25) is 4.52 Å². The summed E-state index contributed by atoms with van der Waals surface area (Å²) in [6, 6.07) is 0. The minimum Gasteiger partial charge on any atom is -1.00 e. The molecule has 0 saturated heterocycles. The summed E-state index contributed by atoms with van der Waals surface area (Å²) in [7, 11) is -4.57. The van der Waals surface area contributed by atoms with Crippen molar-refractivity contribution in [3.63, 3.8) is 0 Å². The number of phosphoric ester groups is 1. The Morgan fingerprint density at radius 3 is 1.24 bits per heavy atom. The molecule has 0 aromatic heterocycles. The number of hydrogen-bond acceptors (Lipinski definition) is 4. The quantitative estimate of drug-likeness (QED) is 0.288. The van der Waals surface area contributed by atoms with E-state index >= 15 is 0 Å². The first-order chi connectivity index (χ1) is 4.49. The van der Waals surface area contributed by atoms with Crippen LogP contribution in [0.1, 0.15) is 2.85 Å². The summed E-state index contributed by atoms with van der Waals surface area (Å²) >= 11 is 0. The van der Waals surface area contributed by atoms with Gasteiger partial charge in [0.15, 0.2) is 0 Å². The maximum absolute atomic E-state index is 10.0. The molecule has 0 spiro atoms. The van der Waals surface area contributed by atoms with Crippen LogP contribution in [-0.4, -0.2) is 66.7 Å². The molecule has 0 aliphatic rings. The van der Waals surface area contributed by atoms with E-state index in [9.17, 15) is 4.57 Å². The second-order valence-corrected chi connectivity index (χ2v) is 2.78. The fourth-order valence-electron chi connectivity index (χ4n) is 0.319. The van der Waals surface area contributed by atoms with Gasteiger partial charge in [0.1, 0.15) is 6.10 Å². The first kappa shape index (κ1) is 51.0. The second-order valence-electron chi connectivity index (χ2n) is 1.58. The Balaban J connectivity index is -0.0000000112. The van der Waals surface area contributed by atoms with Gasteiger partial charge in [-0.25, -0.2) is 4.57 Å². The number of rotatable bonds is 4. The molecule has 14 heteroatoms. The fourth-order valence-corrected chi connectivity index (χ4v) is 0.840. The normalized spacial score (nSPS) is 7.35. The van der Waals surface area contributed by atoms with E-state index in [-0.39, 0.29) is 89.3 Å². The topological polar surface area (TPSA) is 265 Å². The van der Waals surface area contributed by atoms with Gasteiger partial charge in [0.2, 0.25) is 0 Å². The number of aliphatic hydroxyl groups excluding tert-OH is 2. The summed E-state index contributed by atoms with van der Waals surface area (Å²) in [6.45, 7) is -1.25. The number of hydrogen-bond donors (Lipinski definition) is 4. The molecule has 0 heterocycles. The van der Waals surface area contributed by atoms with Crippen molar-refractivity contribution < 1.29 is 118 Å². The molecule has 0 rings (SSSR count). The summed E-state index contributed by atoms with van der Waals surface area (Å²) in [6.07, 6.45) is -1.21. The van der Waals surface area contributed by atoms with E-state index in [1.54, 1.807) is 0 Å². The molecule has 106 valence electrons. The third kappa shape index (κ3) is 38.1. The van der Waals surface area contributed by atoms with Crippen LogP contribution >= 0.6 is 7.82 Å². The molecule has 0 aliphatic carbocycles. The van der Waals surface area contributed by atoms with Crippen molar-refractivity contribution in [3.05, 3.63) is 0 Å². The second kappa shape index (κ2) is 26.4. The van der Waals surface area contributed by atoms with Gasteiger partial charge in [-0.05, 0) is 0 Å². The maximum atomic E-state index is 10.0. The SMILES string of the molecule is O.O.O.O.O.O=P(O)(O)OC(CO)CO.[H-].[H-].[Na+].[Na+]. The Kier molecular flexibility index (Phi) is 79.3. The molecule has 0 aromatic carbocycles. The molecule has 0 atom stereocenters. The van der Waals surface area contributed by atoms with Crippen LogP contribution in [0.15, 0.2) is 0 Å². The molecular formula is C3H21Na2O11P. The van der Waals surface area contributed by atoms with Crippen LogP contribution in [0.3, 0.4) is 0 Å². The minimum atomic E-state index is -4.57. The fraction of sp³-hybridized carbons (Fsp3) is 1.00. The molecule has 0 bridgehead atoms. The van der Waals surface area contributed by atoms with Crippen molar-refractivity contribution in [2.24, 2.45) is 0 Å². The van der Waals surface area contributed by atoms with Gasteiger partial charge in [-0.15, -0.1) is 0 Å². The summed E-state index contributed by atoms with van der Waals surface area (Å²) in [5.74, 6) is 0. The molecule has 11 nitrogen and oxygen atoms in total. The summed E-state index contributed by atoms with van der Waals surface area (Å²) in [5, 5.41) is 16.5. The van der Waals surface area contributed by atoms with E-state index in [1.165, 1.54) is 0 Å². The van der Waals surface area contributed by atoms with Crippen molar-refractivity contribution in [2.75, 3.05) is 13.2 Å². The van der Waals surface area contributed by atoms with Gasteiger partial charge in [0.25, 0.3) is 0 Å². The molecule has 0 aromatic rings. The van der Waals surface area contributed by atoms with Crippen LogP contribution in [0.5, 0.6) is 0 Å². The Labute approximate surface area is 145 Å². The van der Waals surface area contributed by atoms with Gasteiger partial charge in [0, 0.05) is 0 Å². The molecule has 0 aliphatic heterocycles. The Bertz CT molecular complexity index is 146. The minimum absolute atomic E-state index is 0. The van der Waals surface area contributed by atoms with Crippen LogP contribution in [0.2, 0.25) is 0 Å². The molecule has 0 unspecified atom stereocenters. The van der Waals surface area contributed by atoms with Crippen LogP contribution in [-0.2, 0) is 9.09 Å². The summed E-state index contributed by atoms with van der Waals surface area (Å²) in [5.41, 5.74) is 0. The van der Waals surface area contributed by atoms with E-state index < -0.39 is 27.1 Å². The zero-order valence-electron chi connectivity index (χ0n) is 11.5. The zero-order valence-corrected chi connectivity index (χ0v) is 14.4. The van der Waals surface area contributed by atoms with Gasteiger partial charge in [-0.1, -0.05) is 0 Å². The molecular weight excluding hydrogens is 289 g/mol. The van der Waals surface area contributed by atoms with Gasteiger partial charge in [0.05, 0.1) is 13.2 Å². The van der Waals surface area contributed by atoms with Gasteiger partial charge in [-0.2, -0.15) is 0 Å². The zero-order chi connectivity index (χ0) is 8.20. The third-order valence-corrected chi connectivity index (χ3v) is 1.27. The van der Waals surface area contributed by atoms with E-state index in [2.05, 4.69) is 4.52 Å². The van der Waals surface area contributed by atoms with Crippen molar-refractivity contribution in [3.8, 4) is 0 Å². The van der Waals surface area contributed by atoms with Crippen LogP contribution in [0.4, 0.5) is 0 Å². The Hall–Kier alpha value is 1.83. The van der Waals surface area contributed by atoms with Crippen LogP contribution < -0.4 is 59.1 Å². The van der Waals surface area contributed by atoms with Crippen molar-refractivity contribution in [2.45, 2.75) is 6.10 Å². The maximum Gasteiger partial charge on any atom is 1.00 e. The smallest absolute Gasteiger partial charge is 1.00 e. The molecule has 0 fully saturated rings. The molecule has 0 amide bonds. The molecule has 14 N–H and O–H groups in total. The largest absolute Gasteiger partial charge is 1.00 e. The van der Waals surface area contributed by atoms with E-state index in [0.717, 1.165) is 0 Å². The average Bonchev–Trinajstić information content (AvgIpc) is 1.81. The first-order valence-electron chi connectivity index (χ1n) is 2.45. The number of phosphoric acid groups is 1. The first-order valence-corrected chi connectivity index (χ1v) is 3.98. The number of aliphatic hydroxyl groups is 2. The van der Waals surface area contributed by atoms with Crippen LogP contribution in [0.25, 0.3) is 0 Å². The van der Waals surface area contributed by atoms with Crippen molar-refractivity contribution in [1.29, 1.82) is 0 Å². The third-order valence-electron chi connectivity index (χ3n) is 0.694. The van der Waals surface area contributed by atoms with Crippen LogP contribution in [0, 0.1) is 0 Å². The predicted octanol–water partition coefficient (Wildman–Crippen LogP) is -11.4. The summed E-state index contributed by atoms with van der Waals surface area (Å²) < 4.78 is 13.9. The average molecular weight is 310 g/mol. The summed E-state index contributed by atoms with van der Waals surface area (Å²) in [4.78, 5) is 16.2. The Morgan fingerprint density at radius 2 is 1.18 bits per heavy atom. The standard InChI is InChI=1S/C3H9O6P.2Na.5H2O.2H/c4-1-3(2-5)9-10(6,7)8;;;;;;;;;/h3-5H,1-2H2,(H2,6,7,8);;;5*1H2;;/q;2*+1;;;;;;2*-1. The van der Waals surface area contributed by atoms with Crippen molar-refractivity contribution in [1.82, 2.24) is 0 Å². The van der Waals surface area contributed by atoms with Gasteiger partial charge < -0.3 is 50.2 Å². The van der Waals surface area contributed by atoms with E-state index in [4.69, 9.17) is 20.0 Å². The molecule has 0 saturated carbocycles. The Morgan fingerprint density at radius 1 is 0.941 bits per heavy atom. The van der Waals surface area contributed by atoms with Crippen molar-refractivity contribution >= 4 is 7.82 Å².